The van der Waals surface area contributed by atoms with Crippen molar-refractivity contribution in [3.8, 4) is 11.5 Å². The van der Waals surface area contributed by atoms with Crippen LogP contribution in [0.15, 0.2) is 48.5 Å². The van der Waals surface area contributed by atoms with Crippen LogP contribution in [0.25, 0.3) is 10.1 Å². The Labute approximate surface area is 119 Å². The first-order valence-corrected chi connectivity index (χ1v) is 7.00. The molecular formula is C15H11ClO2S. The molecule has 0 bridgehead atoms. The third-order valence-electron chi connectivity index (χ3n) is 2.73. The molecule has 0 saturated heterocycles. The minimum Gasteiger partial charge on any atom is -0.508 e. The predicted octanol–water partition coefficient (Wildman–Crippen LogP) is 4.84. The van der Waals surface area contributed by atoms with Gasteiger partial charge in [0.15, 0.2) is 0 Å². The van der Waals surface area contributed by atoms with E-state index in [0.29, 0.717) is 11.6 Å². The average molecular weight is 291 g/mol. The van der Waals surface area contributed by atoms with Crippen LogP contribution in [0.3, 0.4) is 0 Å². The van der Waals surface area contributed by atoms with E-state index in [1.165, 1.54) is 0 Å². The number of thiophene rings is 1. The zero-order valence-corrected chi connectivity index (χ0v) is 11.5. The van der Waals surface area contributed by atoms with Crippen LogP contribution in [0.2, 0.25) is 5.02 Å². The van der Waals surface area contributed by atoms with Crippen LogP contribution in [0, 0.1) is 0 Å². The summed E-state index contributed by atoms with van der Waals surface area (Å²) in [6.45, 7) is 0.500. The summed E-state index contributed by atoms with van der Waals surface area (Å²) in [4.78, 5) is 1.11. The molecule has 0 radical (unpaired) electrons. The van der Waals surface area contributed by atoms with Crippen molar-refractivity contribution < 1.29 is 9.84 Å². The molecule has 0 unspecified atom stereocenters. The third-order valence-corrected chi connectivity index (χ3v) is 4.05. The minimum atomic E-state index is 0.285. The fourth-order valence-electron chi connectivity index (χ4n) is 1.87. The molecular weight excluding hydrogens is 280 g/mol. The van der Waals surface area contributed by atoms with Gasteiger partial charge in [0.25, 0.3) is 0 Å². The standard InChI is InChI=1S/C15H11ClO2S/c16-11-2-1-3-13(8-11)18-9-14-7-10-6-12(17)4-5-15(10)19-14/h1-8,17H,9H2. The molecule has 4 heteroatoms. The topological polar surface area (TPSA) is 29.5 Å². The highest BCUT2D eigenvalue weighted by Gasteiger charge is 2.04. The fraction of sp³-hybridized carbons (Fsp3) is 0.0667. The Kier molecular flexibility index (Phi) is 3.32. The number of phenols is 1. The van der Waals surface area contributed by atoms with Gasteiger partial charge in [0.2, 0.25) is 0 Å². The molecule has 0 fully saturated rings. The lowest BCUT2D eigenvalue weighted by atomic mass is 10.2. The predicted molar refractivity (Wildman–Crippen MR) is 79.3 cm³/mol. The Morgan fingerprint density at radius 2 is 2.00 bits per heavy atom. The zero-order valence-electron chi connectivity index (χ0n) is 9.97. The van der Waals surface area contributed by atoms with Gasteiger partial charge < -0.3 is 9.84 Å². The number of ether oxygens (including phenoxy) is 1. The number of fused-ring (bicyclic) bond motifs is 1. The Bertz CT molecular complexity index is 721. The summed E-state index contributed by atoms with van der Waals surface area (Å²) in [6, 6.07) is 14.8. The third kappa shape index (κ3) is 2.83. The summed E-state index contributed by atoms with van der Waals surface area (Å²) in [7, 11) is 0. The molecule has 96 valence electrons. The molecule has 0 aliphatic heterocycles. The molecule has 0 spiro atoms. The van der Waals surface area contributed by atoms with Crippen LogP contribution in [-0.2, 0) is 6.61 Å². The van der Waals surface area contributed by atoms with Crippen LogP contribution in [0.4, 0.5) is 0 Å². The van der Waals surface area contributed by atoms with Crippen molar-refractivity contribution in [2.45, 2.75) is 6.61 Å². The van der Waals surface area contributed by atoms with Crippen LogP contribution in [-0.4, -0.2) is 5.11 Å². The highest BCUT2D eigenvalue weighted by atomic mass is 35.5. The van der Waals surface area contributed by atoms with Gasteiger partial charge in [0.1, 0.15) is 18.1 Å². The van der Waals surface area contributed by atoms with Crippen molar-refractivity contribution in [1.29, 1.82) is 0 Å². The second-order valence-electron chi connectivity index (χ2n) is 4.18. The normalized spacial score (nSPS) is 10.8. The van der Waals surface area contributed by atoms with Gasteiger partial charge in [0, 0.05) is 14.6 Å². The number of phenolic OH excluding ortho intramolecular Hbond substituents is 1. The molecule has 1 aromatic heterocycles. The van der Waals surface area contributed by atoms with Crippen molar-refractivity contribution in [2.75, 3.05) is 0 Å². The fourth-order valence-corrected chi connectivity index (χ4v) is 3.01. The first-order chi connectivity index (χ1) is 9.20. The Morgan fingerprint density at radius 1 is 1.11 bits per heavy atom. The van der Waals surface area contributed by atoms with E-state index < -0.39 is 0 Å². The van der Waals surface area contributed by atoms with Crippen molar-refractivity contribution in [3.05, 3.63) is 58.4 Å². The molecule has 19 heavy (non-hydrogen) atoms. The van der Waals surface area contributed by atoms with E-state index in [-0.39, 0.29) is 5.75 Å². The second kappa shape index (κ2) is 5.11. The molecule has 0 saturated carbocycles. The van der Waals surface area contributed by atoms with Crippen molar-refractivity contribution >= 4 is 33.0 Å². The quantitative estimate of drug-likeness (QED) is 0.748. The van der Waals surface area contributed by atoms with Crippen LogP contribution in [0.5, 0.6) is 11.5 Å². The lowest BCUT2D eigenvalue weighted by molar-refractivity contribution is 0.310. The van der Waals surface area contributed by atoms with Gasteiger partial charge in [-0.2, -0.15) is 0 Å². The Balaban J connectivity index is 1.78. The summed E-state index contributed by atoms with van der Waals surface area (Å²) in [5.41, 5.74) is 0. The highest BCUT2D eigenvalue weighted by molar-refractivity contribution is 7.19. The van der Waals surface area contributed by atoms with E-state index in [0.717, 1.165) is 20.7 Å². The Morgan fingerprint density at radius 3 is 2.84 bits per heavy atom. The van der Waals surface area contributed by atoms with Crippen molar-refractivity contribution in [3.63, 3.8) is 0 Å². The number of hydrogen-bond donors (Lipinski definition) is 1. The molecule has 0 aliphatic rings. The maximum atomic E-state index is 9.44. The highest BCUT2D eigenvalue weighted by Crippen LogP contribution is 2.29. The van der Waals surface area contributed by atoms with Crippen molar-refractivity contribution in [1.82, 2.24) is 0 Å². The summed E-state index contributed by atoms with van der Waals surface area (Å²) in [5.74, 6) is 1.04. The molecule has 0 atom stereocenters. The minimum absolute atomic E-state index is 0.285. The second-order valence-corrected chi connectivity index (χ2v) is 5.79. The summed E-state index contributed by atoms with van der Waals surface area (Å²) in [5, 5.41) is 11.1. The van der Waals surface area contributed by atoms with E-state index in [4.69, 9.17) is 16.3 Å². The molecule has 3 rings (SSSR count). The lowest BCUT2D eigenvalue weighted by Crippen LogP contribution is -1.92. The Hall–Kier alpha value is -1.71. The van der Waals surface area contributed by atoms with Gasteiger partial charge >= 0.3 is 0 Å². The molecule has 0 amide bonds. The number of halogens is 1. The SMILES string of the molecule is Oc1ccc2sc(COc3cccc(Cl)c3)cc2c1. The van der Waals surface area contributed by atoms with Crippen molar-refractivity contribution in [2.24, 2.45) is 0 Å². The number of hydrogen-bond acceptors (Lipinski definition) is 3. The van der Waals surface area contributed by atoms with E-state index in [1.807, 2.05) is 30.3 Å². The first kappa shape index (κ1) is 12.3. The summed E-state index contributed by atoms with van der Waals surface area (Å²) >= 11 is 7.56. The average Bonchev–Trinajstić information content (AvgIpc) is 2.78. The van der Waals surface area contributed by atoms with Crippen LogP contribution < -0.4 is 4.74 Å². The molecule has 1 N–H and O–H groups in total. The number of rotatable bonds is 3. The van der Waals surface area contributed by atoms with E-state index >= 15 is 0 Å². The largest absolute Gasteiger partial charge is 0.508 e. The van der Waals surface area contributed by atoms with E-state index in [1.54, 1.807) is 29.5 Å². The first-order valence-electron chi connectivity index (χ1n) is 5.80. The number of benzene rings is 2. The van der Waals surface area contributed by atoms with E-state index in [2.05, 4.69) is 0 Å². The lowest BCUT2D eigenvalue weighted by Gasteiger charge is -2.04. The molecule has 1 heterocycles. The molecule has 3 aromatic rings. The van der Waals surface area contributed by atoms with Gasteiger partial charge in [-0.05, 0) is 47.9 Å². The molecule has 2 aromatic carbocycles. The zero-order chi connectivity index (χ0) is 13.2. The van der Waals surface area contributed by atoms with Gasteiger partial charge in [-0.3, -0.25) is 0 Å². The molecule has 2 nitrogen and oxygen atoms in total. The monoisotopic (exact) mass is 290 g/mol. The van der Waals surface area contributed by atoms with Crippen LogP contribution >= 0.6 is 22.9 Å². The van der Waals surface area contributed by atoms with Gasteiger partial charge in [0.05, 0.1) is 0 Å². The van der Waals surface area contributed by atoms with Gasteiger partial charge in [-0.25, -0.2) is 0 Å². The smallest absolute Gasteiger partial charge is 0.122 e. The van der Waals surface area contributed by atoms with Crippen LogP contribution in [0.1, 0.15) is 4.88 Å². The molecule has 0 aliphatic carbocycles. The maximum absolute atomic E-state index is 9.44. The summed E-state index contributed by atoms with van der Waals surface area (Å²) in [6.07, 6.45) is 0. The van der Waals surface area contributed by atoms with Gasteiger partial charge in [-0.15, -0.1) is 11.3 Å². The summed E-state index contributed by atoms with van der Waals surface area (Å²) < 4.78 is 6.84. The number of aromatic hydroxyl groups is 1. The van der Waals surface area contributed by atoms with E-state index in [9.17, 15) is 5.11 Å². The maximum Gasteiger partial charge on any atom is 0.122 e. The van der Waals surface area contributed by atoms with Gasteiger partial charge in [-0.1, -0.05) is 17.7 Å².